The largest absolute Gasteiger partial charge is 0.412 e. The molecule has 0 aliphatic carbocycles. The van der Waals surface area contributed by atoms with E-state index in [1.54, 1.807) is 0 Å². The van der Waals surface area contributed by atoms with E-state index < -0.39 is 0 Å². The van der Waals surface area contributed by atoms with Crippen molar-refractivity contribution in [3.8, 4) is 0 Å². The van der Waals surface area contributed by atoms with Crippen molar-refractivity contribution in [2.45, 2.75) is 0 Å². The van der Waals surface area contributed by atoms with Gasteiger partial charge in [0.05, 0.1) is 0 Å². The van der Waals surface area contributed by atoms with Crippen molar-refractivity contribution in [1.82, 2.24) is 0 Å². The summed E-state index contributed by atoms with van der Waals surface area (Å²) in [7, 11) is 0. The first-order chi connectivity index (χ1) is 0. The van der Waals surface area contributed by atoms with Crippen molar-refractivity contribution >= 4 is 0 Å². The summed E-state index contributed by atoms with van der Waals surface area (Å²) in [6, 6.07) is 0. The summed E-state index contributed by atoms with van der Waals surface area (Å²) in [5.74, 6) is 0. The molecule has 0 spiro atoms. The zero-order valence-corrected chi connectivity index (χ0v) is 16.5. The molecule has 248 valence electrons. The summed E-state index contributed by atoms with van der Waals surface area (Å²) in [5.41, 5.74) is 0. The van der Waals surface area contributed by atoms with Crippen molar-refractivity contribution in [3.05, 3.63) is 0 Å². The molecule has 0 aliphatic rings. The van der Waals surface area contributed by atoms with Crippen LogP contribution in [0.15, 0.2) is 0 Å². The van der Waals surface area contributed by atoms with Gasteiger partial charge in [-0.1, -0.05) is 0 Å². The Kier molecular flexibility index (Phi) is 92200000. The molecule has 0 amide bonds. The Morgan fingerprint density at radius 2 is 0.0645 bits per heavy atom. The van der Waals surface area contributed by atoms with E-state index in [4.69, 9.17) is 0 Å². The molecule has 0 aromatic heterocycles. The molecule has 0 rings (SSSR count). The van der Waals surface area contributed by atoms with Crippen LogP contribution in [0.1, 0.15) is 0 Å². The van der Waals surface area contributed by atoms with E-state index in [1.165, 1.54) is 0 Å². The van der Waals surface area contributed by atoms with Crippen LogP contribution in [0.25, 0.3) is 0 Å². The minimum atomic E-state index is 0. The second-order valence-electron chi connectivity index (χ2n) is 0. The smallest absolute Gasteiger partial charge is 0 e. The maximum absolute atomic E-state index is 0. The SMILES string of the molecule is O.O.O.O.O.O.O.O.O.O.O.O.O.O.O.O.O.O.O.O.O.O.O.O.O.O.O.O.O.O.[Fe]. The molecule has 0 fully saturated rings. The molecular weight excluding hydrogens is 536 g/mol. The van der Waals surface area contributed by atoms with Crippen molar-refractivity contribution < 1.29 is 181 Å². The fraction of sp³-hybridized carbons (Fsp3) is 0. The predicted molar refractivity (Wildman–Crippen MR) is 108 cm³/mol. The molecule has 0 radical (unpaired) electrons. The van der Waals surface area contributed by atoms with Gasteiger partial charge in [0.25, 0.3) is 0 Å². The minimum absolute atomic E-state index is 0. The van der Waals surface area contributed by atoms with E-state index >= 15 is 0 Å². The summed E-state index contributed by atoms with van der Waals surface area (Å²) in [5, 5.41) is 0. The van der Waals surface area contributed by atoms with Gasteiger partial charge in [-0.05, 0) is 0 Å². The van der Waals surface area contributed by atoms with Crippen LogP contribution in [-0.4, -0.2) is 164 Å². The van der Waals surface area contributed by atoms with Crippen LogP contribution in [-0.2, 0) is 17.1 Å². The predicted octanol–water partition coefficient (Wildman–Crippen LogP) is -24.7. The fourth-order valence-electron chi connectivity index (χ4n) is 0. The van der Waals surface area contributed by atoms with E-state index in [9.17, 15) is 0 Å². The molecule has 0 saturated heterocycles. The summed E-state index contributed by atoms with van der Waals surface area (Å²) >= 11 is 0. The monoisotopic (exact) mass is 596 g/mol. The standard InChI is InChI=1S/Fe.30H2O/h;30*1H2. The normalized spacial score (nSPS) is 0. The maximum atomic E-state index is 0. The van der Waals surface area contributed by atoms with Gasteiger partial charge in [0.1, 0.15) is 0 Å². The van der Waals surface area contributed by atoms with Gasteiger partial charge in [-0.3, -0.25) is 0 Å². The van der Waals surface area contributed by atoms with E-state index in [1.807, 2.05) is 0 Å². The van der Waals surface area contributed by atoms with E-state index in [-0.39, 0.29) is 181 Å². The van der Waals surface area contributed by atoms with Crippen molar-refractivity contribution in [2.24, 2.45) is 0 Å². The Hall–Kier alpha value is -0.681. The maximum Gasteiger partial charge on any atom is 0 e. The summed E-state index contributed by atoms with van der Waals surface area (Å²) in [6.45, 7) is 0. The molecule has 0 aliphatic heterocycles. The van der Waals surface area contributed by atoms with Crippen LogP contribution < -0.4 is 0 Å². The van der Waals surface area contributed by atoms with Gasteiger partial charge in [-0.25, -0.2) is 0 Å². The topological polar surface area (TPSA) is 945 Å². The van der Waals surface area contributed by atoms with Gasteiger partial charge in [0, 0.05) is 17.1 Å². The first-order valence-electron chi connectivity index (χ1n) is 0. The first-order valence-corrected chi connectivity index (χ1v) is 0. The van der Waals surface area contributed by atoms with Gasteiger partial charge in [-0.15, -0.1) is 0 Å². The molecule has 0 aromatic rings. The first kappa shape index (κ1) is 56300. The van der Waals surface area contributed by atoms with Crippen LogP contribution in [0.4, 0.5) is 0 Å². The molecule has 30 nitrogen and oxygen atoms in total. The van der Waals surface area contributed by atoms with Crippen LogP contribution >= 0.6 is 0 Å². The van der Waals surface area contributed by atoms with Crippen molar-refractivity contribution in [2.75, 3.05) is 0 Å². The third kappa shape index (κ3) is 47300. The summed E-state index contributed by atoms with van der Waals surface area (Å²) < 4.78 is 0. The van der Waals surface area contributed by atoms with E-state index in [0.717, 1.165) is 0 Å². The van der Waals surface area contributed by atoms with Gasteiger partial charge in [-0.2, -0.15) is 0 Å². The molecule has 0 atom stereocenters. The molecule has 0 heterocycles. The van der Waals surface area contributed by atoms with Crippen LogP contribution in [0.2, 0.25) is 0 Å². The second-order valence-corrected chi connectivity index (χ2v) is 0. The number of hydrogen-bond donors (Lipinski definition) is 0. The average molecular weight is 596 g/mol. The Morgan fingerprint density at radius 3 is 0.0645 bits per heavy atom. The molecule has 0 aromatic carbocycles. The van der Waals surface area contributed by atoms with Gasteiger partial charge in [0.15, 0.2) is 0 Å². The van der Waals surface area contributed by atoms with Crippen LogP contribution in [0.3, 0.4) is 0 Å². The third-order valence-corrected chi connectivity index (χ3v) is 0. The Bertz CT molecular complexity index is 6.37. The average Bonchev–Trinajstić information content (AvgIpc) is 0. The number of rotatable bonds is 0. The zero-order chi connectivity index (χ0) is 0. The molecular formula is H60FeO30. The fourth-order valence-corrected chi connectivity index (χ4v) is 0. The molecule has 31 heteroatoms. The van der Waals surface area contributed by atoms with Crippen molar-refractivity contribution in [3.63, 3.8) is 0 Å². The summed E-state index contributed by atoms with van der Waals surface area (Å²) in [6.07, 6.45) is 0. The molecule has 31 heavy (non-hydrogen) atoms. The zero-order valence-electron chi connectivity index (χ0n) is 15.4. The molecule has 0 saturated carbocycles. The Morgan fingerprint density at radius 1 is 0.0645 bits per heavy atom. The summed E-state index contributed by atoms with van der Waals surface area (Å²) in [4.78, 5) is 0. The van der Waals surface area contributed by atoms with E-state index in [0.29, 0.717) is 0 Å². The number of hydrogen-bond acceptors (Lipinski definition) is 0. The third-order valence-electron chi connectivity index (χ3n) is 0. The van der Waals surface area contributed by atoms with Gasteiger partial charge >= 0.3 is 0 Å². The van der Waals surface area contributed by atoms with Crippen LogP contribution in [0, 0.1) is 0 Å². The van der Waals surface area contributed by atoms with Gasteiger partial charge in [0.2, 0.25) is 0 Å². The van der Waals surface area contributed by atoms with Crippen molar-refractivity contribution in [1.29, 1.82) is 0 Å². The second kappa shape index (κ2) is 50800. The van der Waals surface area contributed by atoms with E-state index in [2.05, 4.69) is 0 Å². The van der Waals surface area contributed by atoms with Gasteiger partial charge < -0.3 is 164 Å². The molecule has 60 N–H and O–H groups in total. The Balaban J connectivity index is 0. The minimum Gasteiger partial charge on any atom is -0.412 e. The van der Waals surface area contributed by atoms with Crippen LogP contribution in [0.5, 0.6) is 0 Å². The quantitative estimate of drug-likeness (QED) is 0.235. The molecule has 0 bridgehead atoms. The Labute approximate surface area is 182 Å². The molecule has 0 unspecified atom stereocenters.